The molecular weight excluding hydrogens is 248 g/mol. The molecule has 98 valence electrons. The van der Waals surface area contributed by atoms with Crippen LogP contribution in [-0.4, -0.2) is 41.8 Å². The fraction of sp³-hybridized carbons (Fsp3) is 0.900. The van der Waals surface area contributed by atoms with Crippen LogP contribution in [0.4, 0.5) is 0 Å². The molecule has 4 nitrogen and oxygen atoms in total. The van der Waals surface area contributed by atoms with Crippen molar-refractivity contribution in [3.63, 3.8) is 0 Å². The van der Waals surface area contributed by atoms with E-state index >= 15 is 0 Å². The molecule has 16 heavy (non-hydrogen) atoms. The van der Waals surface area contributed by atoms with Gasteiger partial charge in [-0.3, -0.25) is 8.42 Å². The molecule has 0 aromatic rings. The molecular formula is C10H23O4S2+. The molecule has 0 rings (SSSR count). The highest BCUT2D eigenvalue weighted by atomic mass is 32.3. The van der Waals surface area contributed by atoms with Crippen LogP contribution in [0.15, 0.2) is 0 Å². The van der Waals surface area contributed by atoms with Crippen LogP contribution in [0.25, 0.3) is 0 Å². The number of ketones is 1. The molecule has 6 heteroatoms. The summed E-state index contributed by atoms with van der Waals surface area (Å²) in [7, 11) is -5.04. The molecule has 0 fully saturated rings. The average molecular weight is 271 g/mol. The Hall–Kier alpha value is -0.0700. The maximum Gasteiger partial charge on any atom is 0.390 e. The first-order chi connectivity index (χ1) is 7.22. The van der Waals surface area contributed by atoms with Gasteiger partial charge in [0, 0.05) is 18.9 Å². The minimum atomic E-state index is -3.35. The number of unbranched alkanes of at least 4 members (excludes halogenated alkanes) is 1. The van der Waals surface area contributed by atoms with Gasteiger partial charge in [0.25, 0.3) is 0 Å². The van der Waals surface area contributed by atoms with Gasteiger partial charge in [0.1, 0.15) is 11.5 Å². The van der Waals surface area contributed by atoms with Crippen molar-refractivity contribution in [1.82, 2.24) is 0 Å². The summed E-state index contributed by atoms with van der Waals surface area (Å²) >= 11 is 0. The van der Waals surface area contributed by atoms with E-state index < -0.39 is 20.4 Å². The smallest absolute Gasteiger partial charge is 0.299 e. The highest BCUT2D eigenvalue weighted by Gasteiger charge is 2.29. The van der Waals surface area contributed by atoms with Gasteiger partial charge in [-0.2, -0.15) is 8.42 Å². The first-order valence-electron chi connectivity index (χ1n) is 5.42. The fourth-order valence-electron chi connectivity index (χ4n) is 1.19. The quantitative estimate of drug-likeness (QED) is 0.502. The van der Waals surface area contributed by atoms with Crippen LogP contribution in [0.1, 0.15) is 33.1 Å². The van der Waals surface area contributed by atoms with Gasteiger partial charge in [-0.1, -0.05) is 20.3 Å². The molecule has 0 aliphatic rings. The van der Waals surface area contributed by atoms with Gasteiger partial charge in [-0.05, 0) is 16.7 Å². The number of Topliss-reactive ketones (excluding diaryl/α,β-unsaturated/α-hetero) is 1. The summed E-state index contributed by atoms with van der Waals surface area (Å²) in [5.41, 5.74) is 0. The van der Waals surface area contributed by atoms with Gasteiger partial charge in [0.15, 0.2) is 0 Å². The number of carbonyl (C=O) groups is 1. The zero-order chi connectivity index (χ0) is 12.8. The SMILES string of the molecule is CCCCS(=O)(=O)[OH+]S(C)(C)CC(=O)CC. The predicted molar refractivity (Wildman–Crippen MR) is 70.9 cm³/mol. The van der Waals surface area contributed by atoms with Crippen molar-refractivity contribution in [3.05, 3.63) is 0 Å². The third-order valence-corrected chi connectivity index (χ3v) is 6.34. The van der Waals surface area contributed by atoms with Crippen LogP contribution in [-0.2, 0) is 14.9 Å². The largest absolute Gasteiger partial charge is 0.390 e. The predicted octanol–water partition coefficient (Wildman–Crippen LogP) is 2.17. The second kappa shape index (κ2) is 6.61. The van der Waals surface area contributed by atoms with E-state index in [1.807, 2.05) is 6.92 Å². The maximum atomic E-state index is 11.6. The summed E-state index contributed by atoms with van der Waals surface area (Å²) in [5.74, 6) is 0.448. The van der Waals surface area contributed by atoms with Crippen molar-refractivity contribution in [1.29, 1.82) is 0 Å². The standard InChI is InChI=1S/C10H22O4S2/c1-5-7-8-16(12,13)14-15(3,4)9-10(11)6-2/h5-9H2,1-4H3/p+1. The number of hydrogen-bond donors (Lipinski definition) is 0. The molecule has 0 atom stereocenters. The molecule has 0 aromatic carbocycles. The van der Waals surface area contributed by atoms with E-state index in [0.717, 1.165) is 6.42 Å². The minimum absolute atomic E-state index is 0.0782. The Morgan fingerprint density at radius 2 is 1.75 bits per heavy atom. The lowest BCUT2D eigenvalue weighted by Crippen LogP contribution is -2.22. The van der Waals surface area contributed by atoms with Crippen molar-refractivity contribution in [2.45, 2.75) is 33.1 Å². The first-order valence-corrected chi connectivity index (χ1v) is 9.60. The van der Waals surface area contributed by atoms with E-state index in [1.165, 1.54) is 0 Å². The van der Waals surface area contributed by atoms with Crippen LogP contribution in [0, 0.1) is 0 Å². The van der Waals surface area contributed by atoms with Crippen LogP contribution < -0.4 is 0 Å². The second-order valence-electron chi connectivity index (χ2n) is 4.23. The van der Waals surface area contributed by atoms with Gasteiger partial charge in [-0.25, -0.2) is 0 Å². The van der Waals surface area contributed by atoms with E-state index in [9.17, 15) is 13.2 Å². The van der Waals surface area contributed by atoms with Gasteiger partial charge in [0.05, 0.1) is 5.75 Å². The molecule has 0 radical (unpaired) electrons. The Balaban J connectivity index is 4.39. The van der Waals surface area contributed by atoms with Crippen molar-refractivity contribution in [2.24, 2.45) is 0 Å². The Bertz CT molecular complexity index is 320. The molecule has 0 heterocycles. The molecule has 0 aromatic heterocycles. The Morgan fingerprint density at radius 3 is 2.19 bits per heavy atom. The van der Waals surface area contributed by atoms with Crippen molar-refractivity contribution < 1.29 is 16.8 Å². The third-order valence-electron chi connectivity index (χ3n) is 1.98. The zero-order valence-corrected chi connectivity index (χ0v) is 12.2. The highest BCUT2D eigenvalue weighted by Crippen LogP contribution is 2.40. The van der Waals surface area contributed by atoms with Crippen molar-refractivity contribution in [2.75, 3.05) is 24.0 Å². The van der Waals surface area contributed by atoms with Crippen LogP contribution in [0.5, 0.6) is 0 Å². The Kier molecular flexibility index (Phi) is 6.58. The van der Waals surface area contributed by atoms with Gasteiger partial charge in [-0.15, -0.1) is 0 Å². The number of rotatable bonds is 8. The maximum absolute atomic E-state index is 11.6. The number of carbonyl (C=O) groups excluding carboxylic acids is 1. The van der Waals surface area contributed by atoms with E-state index in [-0.39, 0.29) is 17.3 Å². The summed E-state index contributed by atoms with van der Waals surface area (Å²) < 4.78 is 27.1. The van der Waals surface area contributed by atoms with Crippen molar-refractivity contribution >= 4 is 26.2 Å². The first kappa shape index (κ1) is 15.9. The Morgan fingerprint density at radius 1 is 1.19 bits per heavy atom. The molecule has 0 bridgehead atoms. The summed E-state index contributed by atoms with van der Waals surface area (Å²) in [6, 6.07) is 0. The Labute approximate surface area is 100 Å². The normalized spacial score (nSPS) is 13.8. The topological polar surface area (TPSA) is 64.0 Å². The average Bonchev–Trinajstić information content (AvgIpc) is 2.12. The van der Waals surface area contributed by atoms with Crippen LogP contribution in [0.3, 0.4) is 0 Å². The van der Waals surface area contributed by atoms with Gasteiger partial charge >= 0.3 is 10.1 Å². The monoisotopic (exact) mass is 271 g/mol. The van der Waals surface area contributed by atoms with Crippen molar-refractivity contribution in [3.8, 4) is 0 Å². The summed E-state index contributed by atoms with van der Waals surface area (Å²) in [6.45, 7) is 3.72. The van der Waals surface area contributed by atoms with E-state index in [0.29, 0.717) is 12.8 Å². The third kappa shape index (κ3) is 7.24. The number of hydrogen-bond acceptors (Lipinski definition) is 3. The second-order valence-corrected chi connectivity index (χ2v) is 9.65. The van der Waals surface area contributed by atoms with Gasteiger partial charge in [0.2, 0.25) is 0 Å². The minimum Gasteiger partial charge on any atom is -0.299 e. The summed E-state index contributed by atoms with van der Waals surface area (Å²) in [6.07, 6.45) is 5.44. The molecule has 0 saturated heterocycles. The molecule has 0 aliphatic carbocycles. The van der Waals surface area contributed by atoms with E-state index in [1.54, 1.807) is 19.4 Å². The van der Waals surface area contributed by atoms with Gasteiger partial charge < -0.3 is 0 Å². The molecule has 0 saturated carbocycles. The fourth-order valence-corrected chi connectivity index (χ4v) is 5.81. The highest BCUT2D eigenvalue weighted by molar-refractivity contribution is 8.31. The van der Waals surface area contributed by atoms with Crippen LogP contribution in [0.2, 0.25) is 0 Å². The summed E-state index contributed by atoms with van der Waals surface area (Å²) in [5, 5.41) is 0. The van der Waals surface area contributed by atoms with Crippen LogP contribution >= 0.6 is 10.3 Å². The lowest BCUT2D eigenvalue weighted by Gasteiger charge is -2.24. The zero-order valence-electron chi connectivity index (χ0n) is 10.5. The van der Waals surface area contributed by atoms with E-state index in [4.69, 9.17) is 0 Å². The molecule has 0 amide bonds. The molecule has 1 N–H and O–H groups in total. The molecule has 0 aliphatic heterocycles. The summed E-state index contributed by atoms with van der Waals surface area (Å²) in [4.78, 5) is 11.3. The lowest BCUT2D eigenvalue weighted by molar-refractivity contribution is -0.116. The lowest BCUT2D eigenvalue weighted by atomic mass is 10.4. The molecule has 0 unspecified atom stereocenters. The van der Waals surface area contributed by atoms with E-state index in [2.05, 4.69) is 3.63 Å². The molecule has 0 spiro atoms.